The molecule has 39 heavy (non-hydrogen) atoms. The molecular weight excluding hydrogens is 504 g/mol. The van der Waals surface area contributed by atoms with Gasteiger partial charge in [-0.2, -0.15) is 5.26 Å². The number of nitro benzene ring substituents is 1. The predicted octanol–water partition coefficient (Wildman–Crippen LogP) is 2.24. The van der Waals surface area contributed by atoms with Crippen molar-refractivity contribution < 1.29 is 24.0 Å². The van der Waals surface area contributed by atoms with Crippen molar-refractivity contribution in [3.63, 3.8) is 0 Å². The zero-order valence-electron chi connectivity index (χ0n) is 21.8. The van der Waals surface area contributed by atoms with E-state index in [1.165, 1.54) is 6.07 Å². The first kappa shape index (κ1) is 27.2. The normalized spacial score (nSPS) is 18.1. The molecule has 2 aliphatic heterocycles. The second-order valence-corrected chi connectivity index (χ2v) is 9.06. The highest BCUT2D eigenvalue weighted by Crippen LogP contribution is 2.44. The van der Waals surface area contributed by atoms with E-state index in [1.807, 2.05) is 11.9 Å². The number of nitrogens with zero attached hydrogens (tertiary/aromatic N) is 5. The van der Waals surface area contributed by atoms with E-state index in [-0.39, 0.29) is 34.0 Å². The Kier molecular flexibility index (Phi) is 7.83. The van der Waals surface area contributed by atoms with Crippen LogP contribution in [-0.2, 0) is 19.1 Å². The van der Waals surface area contributed by atoms with Crippen LogP contribution in [0, 0.1) is 21.4 Å². The van der Waals surface area contributed by atoms with Gasteiger partial charge in [0.25, 0.3) is 5.69 Å². The number of esters is 2. The Hall–Kier alpha value is -4.89. The summed E-state index contributed by atoms with van der Waals surface area (Å²) in [5, 5.41) is 22.3. The van der Waals surface area contributed by atoms with Gasteiger partial charge in [-0.25, -0.2) is 9.59 Å². The first-order valence-corrected chi connectivity index (χ1v) is 12.1. The van der Waals surface area contributed by atoms with E-state index in [4.69, 9.17) is 15.2 Å². The lowest BCUT2D eigenvalue weighted by Crippen LogP contribution is -2.44. The molecule has 0 radical (unpaired) electrons. The molecule has 2 aliphatic rings. The molecule has 12 heteroatoms. The lowest BCUT2D eigenvalue weighted by molar-refractivity contribution is -0.384. The Morgan fingerprint density at radius 2 is 1.69 bits per heavy atom. The summed E-state index contributed by atoms with van der Waals surface area (Å²) in [7, 11) is 4.27. The first-order chi connectivity index (χ1) is 18.7. The number of anilines is 2. The average molecular weight is 533 g/mol. The van der Waals surface area contributed by atoms with E-state index in [0.29, 0.717) is 24.3 Å². The Bertz CT molecular complexity index is 1410. The number of carbonyl (C=O) groups excluding carboxylic acids is 2. The molecule has 0 bridgehead atoms. The van der Waals surface area contributed by atoms with E-state index in [1.54, 1.807) is 42.5 Å². The van der Waals surface area contributed by atoms with Gasteiger partial charge in [-0.15, -0.1) is 0 Å². The van der Waals surface area contributed by atoms with Crippen molar-refractivity contribution in [1.82, 2.24) is 4.90 Å². The lowest BCUT2D eigenvalue weighted by Gasteiger charge is -2.36. The van der Waals surface area contributed by atoms with Crippen LogP contribution in [0.2, 0.25) is 0 Å². The number of likely N-dealkylation sites (N-methyl/N-ethyl adjacent to an activating group) is 1. The second-order valence-electron chi connectivity index (χ2n) is 9.06. The fourth-order valence-electron chi connectivity index (χ4n) is 4.89. The van der Waals surface area contributed by atoms with Crippen LogP contribution in [0.25, 0.3) is 0 Å². The van der Waals surface area contributed by atoms with Crippen LogP contribution in [0.3, 0.4) is 0 Å². The zero-order valence-corrected chi connectivity index (χ0v) is 21.8. The van der Waals surface area contributed by atoms with Crippen LogP contribution in [0.5, 0.6) is 0 Å². The molecule has 4 rings (SSSR count). The van der Waals surface area contributed by atoms with Gasteiger partial charge in [0.05, 0.1) is 48.0 Å². The topological polar surface area (TPSA) is 155 Å². The Morgan fingerprint density at radius 3 is 2.26 bits per heavy atom. The van der Waals surface area contributed by atoms with Gasteiger partial charge >= 0.3 is 11.9 Å². The van der Waals surface area contributed by atoms with Crippen LogP contribution < -0.4 is 15.5 Å². The molecule has 0 aromatic heterocycles. The van der Waals surface area contributed by atoms with Gasteiger partial charge in [0.2, 0.25) is 0 Å². The van der Waals surface area contributed by atoms with Crippen LogP contribution in [-0.4, -0.2) is 69.2 Å². The maximum absolute atomic E-state index is 13.2. The lowest BCUT2D eigenvalue weighted by atomic mass is 9.81. The minimum atomic E-state index is -1.03. The number of nitrogens with two attached hydrogens (primary N) is 1. The molecule has 0 aliphatic carbocycles. The van der Waals surface area contributed by atoms with Gasteiger partial charge in [0.1, 0.15) is 17.2 Å². The monoisotopic (exact) mass is 532 g/mol. The summed E-state index contributed by atoms with van der Waals surface area (Å²) < 4.78 is 10.0. The summed E-state index contributed by atoms with van der Waals surface area (Å²) >= 11 is 0. The van der Waals surface area contributed by atoms with Crippen molar-refractivity contribution in [3.8, 4) is 6.07 Å². The minimum Gasteiger partial charge on any atom is -0.466 e. The van der Waals surface area contributed by atoms with E-state index < -0.39 is 22.8 Å². The standard InChI is InChI=1S/C27H28N6O6/c1-30-11-13-31(14-12-30)20-10-9-18(15-21(20)33(36)37)32-24(27(35)39-3)23(26(34)38-2)22(19(16-28)25(32)29)17-7-5-4-6-8-17/h4-10,15,22H,11-14,29H2,1-3H3. The summed E-state index contributed by atoms with van der Waals surface area (Å²) in [6, 6.07) is 15.1. The van der Waals surface area contributed by atoms with Gasteiger partial charge in [-0.3, -0.25) is 15.0 Å². The maximum Gasteiger partial charge on any atom is 0.355 e. The largest absolute Gasteiger partial charge is 0.466 e. The number of methoxy groups -OCH3 is 2. The number of ether oxygens (including phenoxy) is 2. The van der Waals surface area contributed by atoms with Crippen LogP contribution in [0.4, 0.5) is 17.1 Å². The van der Waals surface area contributed by atoms with Gasteiger partial charge in [0.15, 0.2) is 0 Å². The van der Waals surface area contributed by atoms with Gasteiger partial charge in [0, 0.05) is 32.2 Å². The van der Waals surface area contributed by atoms with Crippen LogP contribution in [0.1, 0.15) is 11.5 Å². The molecule has 202 valence electrons. The number of piperazine rings is 1. The second kappa shape index (κ2) is 11.2. The molecule has 0 saturated carbocycles. The number of nitriles is 1. The number of nitro groups is 1. The quantitative estimate of drug-likeness (QED) is 0.331. The van der Waals surface area contributed by atoms with Crippen molar-refractivity contribution in [2.45, 2.75) is 5.92 Å². The van der Waals surface area contributed by atoms with E-state index in [0.717, 1.165) is 32.2 Å². The van der Waals surface area contributed by atoms with E-state index in [2.05, 4.69) is 11.0 Å². The molecule has 2 aromatic rings. The summed E-state index contributed by atoms with van der Waals surface area (Å²) in [5.41, 5.74) is 6.84. The molecule has 2 N–H and O–H groups in total. The summed E-state index contributed by atoms with van der Waals surface area (Å²) in [4.78, 5) is 43.3. The number of benzene rings is 2. The average Bonchev–Trinajstić information content (AvgIpc) is 2.96. The zero-order chi connectivity index (χ0) is 28.3. The van der Waals surface area contributed by atoms with E-state index >= 15 is 0 Å². The summed E-state index contributed by atoms with van der Waals surface area (Å²) in [5.74, 6) is -3.00. The Morgan fingerprint density at radius 1 is 1.05 bits per heavy atom. The third-order valence-electron chi connectivity index (χ3n) is 6.87. The molecule has 0 spiro atoms. The Balaban J connectivity index is 1.96. The van der Waals surface area contributed by atoms with E-state index in [9.17, 15) is 25.0 Å². The summed E-state index contributed by atoms with van der Waals surface area (Å²) in [6.45, 7) is 2.68. The van der Waals surface area contributed by atoms with Gasteiger partial charge in [-0.05, 0) is 24.7 Å². The van der Waals surface area contributed by atoms with Crippen molar-refractivity contribution in [1.29, 1.82) is 5.26 Å². The molecule has 0 amide bonds. The summed E-state index contributed by atoms with van der Waals surface area (Å²) in [6.07, 6.45) is 0. The fourth-order valence-corrected chi connectivity index (χ4v) is 4.89. The molecular formula is C27H28N6O6. The molecule has 1 unspecified atom stereocenters. The van der Waals surface area contributed by atoms with Gasteiger partial charge < -0.3 is 25.0 Å². The highest BCUT2D eigenvalue weighted by molar-refractivity contribution is 6.06. The van der Waals surface area contributed by atoms with Crippen molar-refractivity contribution >= 4 is 29.0 Å². The highest BCUT2D eigenvalue weighted by atomic mass is 16.6. The highest BCUT2D eigenvalue weighted by Gasteiger charge is 2.43. The number of allylic oxidation sites excluding steroid dienone is 1. The fraction of sp³-hybridized carbons (Fsp3) is 0.296. The van der Waals surface area contributed by atoms with Crippen LogP contribution >= 0.6 is 0 Å². The third kappa shape index (κ3) is 4.99. The number of hydrogen-bond donors (Lipinski definition) is 1. The van der Waals surface area contributed by atoms with Crippen LogP contribution in [0.15, 0.2) is 71.2 Å². The number of carbonyl (C=O) groups is 2. The maximum atomic E-state index is 13.2. The van der Waals surface area contributed by atoms with Gasteiger partial charge in [-0.1, -0.05) is 30.3 Å². The molecule has 1 atom stereocenters. The first-order valence-electron chi connectivity index (χ1n) is 12.1. The number of rotatable bonds is 6. The van der Waals surface area contributed by atoms with Crippen molar-refractivity contribution in [3.05, 3.63) is 86.9 Å². The SMILES string of the molecule is COC(=O)C1=C(C(=O)OC)N(c2ccc(N3CCN(C)CC3)c([N+](=O)[O-])c2)C(N)=C(C#N)C1c1ccccc1. The molecule has 1 saturated heterocycles. The predicted molar refractivity (Wildman–Crippen MR) is 142 cm³/mol. The molecule has 12 nitrogen and oxygen atoms in total. The smallest absolute Gasteiger partial charge is 0.355 e. The van der Waals surface area contributed by atoms with Crippen molar-refractivity contribution in [2.24, 2.45) is 5.73 Å². The number of hydrogen-bond acceptors (Lipinski definition) is 11. The van der Waals surface area contributed by atoms with Crippen molar-refractivity contribution in [2.75, 3.05) is 57.2 Å². The molecule has 2 aromatic carbocycles. The third-order valence-corrected chi connectivity index (χ3v) is 6.87. The molecule has 1 fully saturated rings. The Labute approximate surface area is 225 Å². The minimum absolute atomic E-state index is 0.0277. The molecule has 2 heterocycles.